The van der Waals surface area contributed by atoms with Crippen molar-refractivity contribution < 1.29 is 5.11 Å². The molecule has 0 fully saturated rings. The van der Waals surface area contributed by atoms with Crippen LogP contribution in [0.1, 0.15) is 53.9 Å². The van der Waals surface area contributed by atoms with E-state index in [2.05, 4.69) is 46.8 Å². The van der Waals surface area contributed by atoms with Crippen LogP contribution in [0.5, 0.6) is 0 Å². The van der Waals surface area contributed by atoms with Crippen LogP contribution in [-0.2, 0) is 0 Å². The van der Waals surface area contributed by atoms with Crippen molar-refractivity contribution in [3.63, 3.8) is 0 Å². The molecule has 1 aliphatic carbocycles. The van der Waals surface area contributed by atoms with E-state index in [4.69, 9.17) is 0 Å². The first-order valence-corrected chi connectivity index (χ1v) is 6.42. The summed E-state index contributed by atoms with van der Waals surface area (Å²) in [5, 5.41) is 10.6. The quantitative estimate of drug-likeness (QED) is 0.759. The van der Waals surface area contributed by atoms with E-state index in [1.54, 1.807) is 0 Å². The van der Waals surface area contributed by atoms with E-state index in [9.17, 15) is 5.11 Å². The molecule has 0 bridgehead atoms. The largest absolute Gasteiger partial charge is 0.385 e. The fourth-order valence-electron chi connectivity index (χ4n) is 2.72. The van der Waals surface area contributed by atoms with E-state index in [-0.39, 0.29) is 0 Å². The summed E-state index contributed by atoms with van der Waals surface area (Å²) in [7, 11) is 0. The average molecular weight is 222 g/mol. The van der Waals surface area contributed by atoms with Gasteiger partial charge in [0.25, 0.3) is 0 Å². The molecule has 16 heavy (non-hydrogen) atoms. The minimum Gasteiger partial charge on any atom is -0.385 e. The molecular weight excluding hydrogens is 196 g/mol. The second kappa shape index (κ2) is 5.18. The number of hydrogen-bond acceptors (Lipinski definition) is 1. The van der Waals surface area contributed by atoms with Gasteiger partial charge in [-0.25, -0.2) is 0 Å². The Morgan fingerprint density at radius 3 is 2.38 bits per heavy atom. The topological polar surface area (TPSA) is 20.2 Å². The van der Waals surface area contributed by atoms with Gasteiger partial charge < -0.3 is 5.11 Å². The highest BCUT2D eigenvalue weighted by Crippen LogP contribution is 2.33. The van der Waals surface area contributed by atoms with Gasteiger partial charge in [-0.15, -0.1) is 0 Å². The van der Waals surface area contributed by atoms with E-state index in [0.29, 0.717) is 11.8 Å². The van der Waals surface area contributed by atoms with Crippen molar-refractivity contribution in [3.8, 4) is 0 Å². The Labute approximate surface area is 100 Å². The molecule has 1 unspecified atom stereocenters. The zero-order valence-corrected chi connectivity index (χ0v) is 11.4. The first kappa shape index (κ1) is 13.5. The van der Waals surface area contributed by atoms with Crippen molar-refractivity contribution in [1.29, 1.82) is 0 Å². The SMILES string of the molecule is CC1=CC(CC(C)C)=CC(O)(CC(C)C)C1. The van der Waals surface area contributed by atoms with Gasteiger partial charge in [-0.2, -0.15) is 0 Å². The van der Waals surface area contributed by atoms with Gasteiger partial charge in [0.1, 0.15) is 0 Å². The molecule has 92 valence electrons. The molecule has 0 spiro atoms. The fourth-order valence-corrected chi connectivity index (χ4v) is 2.72. The zero-order valence-electron chi connectivity index (χ0n) is 11.4. The van der Waals surface area contributed by atoms with Crippen molar-refractivity contribution in [2.75, 3.05) is 0 Å². The molecule has 0 aromatic carbocycles. The number of aliphatic hydroxyl groups is 1. The van der Waals surface area contributed by atoms with Gasteiger partial charge in [0.05, 0.1) is 5.60 Å². The molecule has 0 saturated carbocycles. The van der Waals surface area contributed by atoms with Crippen molar-refractivity contribution in [3.05, 3.63) is 23.3 Å². The lowest BCUT2D eigenvalue weighted by Crippen LogP contribution is -2.30. The Morgan fingerprint density at radius 2 is 1.88 bits per heavy atom. The summed E-state index contributed by atoms with van der Waals surface area (Å²) in [4.78, 5) is 0. The summed E-state index contributed by atoms with van der Waals surface area (Å²) in [6.07, 6.45) is 7.07. The molecule has 1 aliphatic rings. The van der Waals surface area contributed by atoms with Gasteiger partial charge in [0.2, 0.25) is 0 Å². The van der Waals surface area contributed by atoms with Crippen LogP contribution in [0.3, 0.4) is 0 Å². The summed E-state index contributed by atoms with van der Waals surface area (Å²) in [6, 6.07) is 0. The number of hydrogen-bond donors (Lipinski definition) is 1. The molecule has 0 amide bonds. The lowest BCUT2D eigenvalue weighted by Gasteiger charge is -2.31. The molecule has 1 rings (SSSR count). The van der Waals surface area contributed by atoms with Crippen LogP contribution < -0.4 is 0 Å². The van der Waals surface area contributed by atoms with Gasteiger partial charge in [0, 0.05) is 6.42 Å². The third-order valence-electron chi connectivity index (χ3n) is 2.88. The Bertz CT molecular complexity index is 297. The van der Waals surface area contributed by atoms with E-state index >= 15 is 0 Å². The highest BCUT2D eigenvalue weighted by atomic mass is 16.3. The van der Waals surface area contributed by atoms with Crippen LogP contribution >= 0.6 is 0 Å². The maximum Gasteiger partial charge on any atom is 0.0872 e. The molecule has 0 aliphatic heterocycles. The standard InChI is InChI=1S/C15H26O/c1-11(2)6-14-7-13(5)9-15(16,10-14)8-12(3)4/h7,10-12,16H,6,8-9H2,1-5H3. The predicted molar refractivity (Wildman–Crippen MR) is 70.3 cm³/mol. The second-order valence-electron chi connectivity index (χ2n) is 6.19. The summed E-state index contributed by atoms with van der Waals surface area (Å²) < 4.78 is 0. The summed E-state index contributed by atoms with van der Waals surface area (Å²) in [5.41, 5.74) is 2.01. The predicted octanol–water partition coefficient (Wildman–Crippen LogP) is 4.09. The first-order valence-electron chi connectivity index (χ1n) is 6.42. The van der Waals surface area contributed by atoms with Crippen molar-refractivity contribution in [1.82, 2.24) is 0 Å². The molecule has 0 saturated heterocycles. The molecule has 0 heterocycles. The maximum absolute atomic E-state index is 10.6. The van der Waals surface area contributed by atoms with Crippen LogP contribution in [0.4, 0.5) is 0 Å². The molecular formula is C15H26O. The highest BCUT2D eigenvalue weighted by molar-refractivity contribution is 5.32. The van der Waals surface area contributed by atoms with Gasteiger partial charge >= 0.3 is 0 Å². The summed E-state index contributed by atoms with van der Waals surface area (Å²) in [6.45, 7) is 10.9. The Hall–Kier alpha value is -0.560. The van der Waals surface area contributed by atoms with Gasteiger partial charge in [-0.3, -0.25) is 0 Å². The van der Waals surface area contributed by atoms with E-state index < -0.39 is 5.60 Å². The monoisotopic (exact) mass is 222 g/mol. The summed E-state index contributed by atoms with van der Waals surface area (Å²) in [5.74, 6) is 1.18. The smallest absolute Gasteiger partial charge is 0.0872 e. The molecule has 1 nitrogen and oxygen atoms in total. The molecule has 1 atom stereocenters. The zero-order chi connectivity index (χ0) is 12.3. The van der Waals surface area contributed by atoms with Crippen LogP contribution in [0, 0.1) is 11.8 Å². The number of allylic oxidation sites excluding steroid dienone is 2. The maximum atomic E-state index is 10.6. The molecule has 0 aromatic heterocycles. The highest BCUT2D eigenvalue weighted by Gasteiger charge is 2.28. The number of rotatable bonds is 4. The lowest BCUT2D eigenvalue weighted by molar-refractivity contribution is 0.0660. The minimum atomic E-state index is -0.600. The van der Waals surface area contributed by atoms with E-state index in [1.807, 2.05) is 0 Å². The van der Waals surface area contributed by atoms with Crippen molar-refractivity contribution in [2.24, 2.45) is 11.8 Å². The molecule has 0 radical (unpaired) electrons. The molecule has 1 N–H and O–H groups in total. The fraction of sp³-hybridized carbons (Fsp3) is 0.733. The third kappa shape index (κ3) is 4.13. The normalized spacial score (nSPS) is 26.0. The molecule has 1 heteroatoms. The second-order valence-corrected chi connectivity index (χ2v) is 6.19. The van der Waals surface area contributed by atoms with Crippen LogP contribution in [0.15, 0.2) is 23.3 Å². The van der Waals surface area contributed by atoms with E-state index in [0.717, 1.165) is 19.3 Å². The van der Waals surface area contributed by atoms with Crippen LogP contribution in [-0.4, -0.2) is 10.7 Å². The van der Waals surface area contributed by atoms with Gasteiger partial charge in [-0.1, -0.05) is 39.3 Å². The average Bonchev–Trinajstić information content (AvgIpc) is 1.95. The molecule has 0 aromatic rings. The van der Waals surface area contributed by atoms with Gasteiger partial charge in [-0.05, 0) is 43.3 Å². The Kier molecular flexibility index (Phi) is 4.37. The van der Waals surface area contributed by atoms with Crippen LogP contribution in [0.2, 0.25) is 0 Å². The Morgan fingerprint density at radius 1 is 1.25 bits per heavy atom. The van der Waals surface area contributed by atoms with Crippen molar-refractivity contribution >= 4 is 0 Å². The van der Waals surface area contributed by atoms with Gasteiger partial charge in [0.15, 0.2) is 0 Å². The lowest BCUT2D eigenvalue weighted by atomic mass is 9.80. The van der Waals surface area contributed by atoms with E-state index in [1.165, 1.54) is 11.1 Å². The van der Waals surface area contributed by atoms with Crippen molar-refractivity contribution in [2.45, 2.75) is 59.5 Å². The first-order chi connectivity index (χ1) is 7.31. The van der Waals surface area contributed by atoms with Crippen LogP contribution in [0.25, 0.3) is 0 Å². The third-order valence-corrected chi connectivity index (χ3v) is 2.88. The Balaban J connectivity index is 2.82. The summed E-state index contributed by atoms with van der Waals surface area (Å²) >= 11 is 0. The minimum absolute atomic E-state index is 0.535.